The zero-order chi connectivity index (χ0) is 30.7. The van der Waals surface area contributed by atoms with E-state index in [0.717, 1.165) is 19.3 Å². The number of rotatable bonds is 10. The van der Waals surface area contributed by atoms with Gasteiger partial charge in [-0.3, -0.25) is 0 Å². The van der Waals surface area contributed by atoms with Gasteiger partial charge >= 0.3 is 11.9 Å². The van der Waals surface area contributed by atoms with Crippen molar-refractivity contribution in [2.75, 3.05) is 56.1 Å². The van der Waals surface area contributed by atoms with Crippen LogP contribution in [-0.2, 0) is 25.6 Å². The lowest BCUT2D eigenvalue weighted by Crippen LogP contribution is -2.25. The van der Waals surface area contributed by atoms with Crippen LogP contribution in [0.2, 0.25) is 0 Å². The summed E-state index contributed by atoms with van der Waals surface area (Å²) >= 11 is 0. The highest BCUT2D eigenvalue weighted by atomic mass is 16.7. The van der Waals surface area contributed by atoms with Crippen molar-refractivity contribution in [3.63, 3.8) is 0 Å². The molecule has 0 bridgehead atoms. The van der Waals surface area contributed by atoms with Crippen LogP contribution >= 0.6 is 0 Å². The summed E-state index contributed by atoms with van der Waals surface area (Å²) in [5, 5.41) is 0.804. The molecular weight excluding hydrogens is 564 g/mol. The van der Waals surface area contributed by atoms with Gasteiger partial charge in [-0.25, -0.2) is 9.59 Å². The lowest BCUT2D eigenvalue weighted by Gasteiger charge is -2.29. The molecule has 0 radical (unpaired) electrons. The second-order valence-corrected chi connectivity index (χ2v) is 9.64. The molecule has 1 atom stereocenters. The fourth-order valence-corrected chi connectivity index (χ4v) is 5.60. The van der Waals surface area contributed by atoms with Crippen LogP contribution in [0, 0.1) is 0 Å². The number of carbonyl (C=O) groups is 2. The molecule has 2 heterocycles. The van der Waals surface area contributed by atoms with E-state index in [1.54, 1.807) is 18.2 Å². The number of esters is 2. The number of hydrogen-bond acceptors (Lipinski definition) is 12. The Bertz CT molecular complexity index is 1540. The lowest BCUT2D eigenvalue weighted by molar-refractivity contribution is -0.168. The average Bonchev–Trinajstić information content (AvgIpc) is 3.05. The summed E-state index contributed by atoms with van der Waals surface area (Å²) < 4.78 is 57.1. The smallest absolute Gasteiger partial charge is 0.345 e. The summed E-state index contributed by atoms with van der Waals surface area (Å²) in [5.41, 5.74) is 1.07. The Hall–Kier alpha value is -4.42. The van der Waals surface area contributed by atoms with E-state index in [1.165, 1.54) is 42.7 Å². The first-order valence-corrected chi connectivity index (χ1v) is 13.6. The molecule has 2 aliphatic heterocycles. The van der Waals surface area contributed by atoms with Crippen molar-refractivity contribution in [1.82, 2.24) is 0 Å². The topological polar surface area (TPSA) is 126 Å². The van der Waals surface area contributed by atoms with Crippen LogP contribution < -0.4 is 28.4 Å². The van der Waals surface area contributed by atoms with Crippen LogP contribution in [0.25, 0.3) is 21.9 Å². The number of benzene rings is 3. The summed E-state index contributed by atoms with van der Waals surface area (Å²) in [6.07, 6.45) is 2.20. The molecule has 5 rings (SSSR count). The van der Waals surface area contributed by atoms with Crippen LogP contribution in [0.5, 0.6) is 34.5 Å². The number of methoxy groups -OCH3 is 6. The molecule has 0 amide bonds. The summed E-state index contributed by atoms with van der Waals surface area (Å²) in [7, 11) is 8.67. The second kappa shape index (κ2) is 12.8. The molecule has 12 heteroatoms. The summed E-state index contributed by atoms with van der Waals surface area (Å²) in [6.45, 7) is 0.212. The van der Waals surface area contributed by atoms with E-state index >= 15 is 0 Å². The van der Waals surface area contributed by atoms with Crippen LogP contribution in [0.4, 0.5) is 0 Å². The van der Waals surface area contributed by atoms with Crippen LogP contribution in [0.1, 0.15) is 45.5 Å². The zero-order valence-corrected chi connectivity index (χ0v) is 25.0. The van der Waals surface area contributed by atoms with Gasteiger partial charge in [-0.1, -0.05) is 6.07 Å². The third-order valence-electron chi connectivity index (χ3n) is 7.49. The van der Waals surface area contributed by atoms with E-state index < -0.39 is 18.2 Å². The maximum absolute atomic E-state index is 13.6. The summed E-state index contributed by atoms with van der Waals surface area (Å²) in [4.78, 5) is 27.0. The van der Waals surface area contributed by atoms with Crippen molar-refractivity contribution >= 4 is 22.7 Å². The number of ether oxygens (including phenoxy) is 10. The third kappa shape index (κ3) is 5.21. The number of fused-ring (bicyclic) bond motifs is 3. The Morgan fingerprint density at radius 1 is 0.837 bits per heavy atom. The maximum Gasteiger partial charge on any atom is 0.345 e. The third-order valence-corrected chi connectivity index (χ3v) is 7.49. The van der Waals surface area contributed by atoms with Gasteiger partial charge in [-0.15, -0.1) is 0 Å². The van der Waals surface area contributed by atoms with E-state index in [-0.39, 0.29) is 47.3 Å². The highest BCUT2D eigenvalue weighted by Crippen LogP contribution is 2.56. The van der Waals surface area contributed by atoms with Crippen molar-refractivity contribution in [2.24, 2.45) is 0 Å². The maximum atomic E-state index is 13.6. The Labute approximate surface area is 248 Å². The molecule has 0 aliphatic carbocycles. The number of carbonyl (C=O) groups excluding carboxylic acids is 2. The van der Waals surface area contributed by atoms with Crippen molar-refractivity contribution in [3.8, 4) is 45.6 Å². The van der Waals surface area contributed by atoms with Gasteiger partial charge in [0, 0.05) is 28.5 Å². The Kier molecular flexibility index (Phi) is 8.97. The predicted molar refractivity (Wildman–Crippen MR) is 153 cm³/mol. The Morgan fingerprint density at radius 2 is 1.58 bits per heavy atom. The largest absolute Gasteiger partial charge is 0.493 e. The highest BCUT2D eigenvalue weighted by Gasteiger charge is 2.38. The molecule has 43 heavy (non-hydrogen) atoms. The van der Waals surface area contributed by atoms with Gasteiger partial charge in [0.1, 0.15) is 11.3 Å². The minimum Gasteiger partial charge on any atom is -0.493 e. The molecular formula is C31H34O12. The highest BCUT2D eigenvalue weighted by molar-refractivity contribution is 6.21. The van der Waals surface area contributed by atoms with E-state index in [2.05, 4.69) is 0 Å². The van der Waals surface area contributed by atoms with Gasteiger partial charge in [0.15, 0.2) is 29.3 Å². The van der Waals surface area contributed by atoms with E-state index in [0.29, 0.717) is 45.8 Å². The summed E-state index contributed by atoms with van der Waals surface area (Å²) in [6, 6.07) is 5.10. The van der Waals surface area contributed by atoms with Gasteiger partial charge in [0.25, 0.3) is 0 Å². The Morgan fingerprint density at radius 3 is 2.21 bits per heavy atom. The quantitative estimate of drug-likeness (QED) is 0.295. The van der Waals surface area contributed by atoms with Crippen molar-refractivity contribution in [3.05, 3.63) is 34.9 Å². The fourth-order valence-electron chi connectivity index (χ4n) is 5.60. The average molecular weight is 599 g/mol. The van der Waals surface area contributed by atoms with Crippen molar-refractivity contribution in [1.29, 1.82) is 0 Å². The lowest BCUT2D eigenvalue weighted by atomic mass is 9.85. The minimum atomic E-state index is -0.796. The standard InChI is InChI=1S/C31H34O12/c1-34-18-11-10-16(13-19(18)35-2)21-23-22(27-25(24(21)30(32)39-6)31(33)43-15-42-27)17(14-41-20-9-7-8-12-40-20)26(36-3)29(38-5)28(23)37-4/h10-11,13,20H,7-9,12,14-15H2,1-6H3. The normalized spacial score (nSPS) is 16.0. The number of cyclic esters (lactones) is 1. The predicted octanol–water partition coefficient (Wildman–Crippen LogP) is 4.89. The van der Waals surface area contributed by atoms with Gasteiger partial charge in [0.2, 0.25) is 12.5 Å². The van der Waals surface area contributed by atoms with Gasteiger partial charge in [0.05, 0.1) is 54.8 Å². The van der Waals surface area contributed by atoms with E-state index in [4.69, 9.17) is 47.4 Å². The molecule has 3 aromatic rings. The molecule has 0 spiro atoms. The fraction of sp³-hybridized carbons (Fsp3) is 0.419. The molecule has 3 aromatic carbocycles. The van der Waals surface area contributed by atoms with Gasteiger partial charge in [-0.05, 0) is 37.0 Å². The molecule has 230 valence electrons. The molecule has 12 nitrogen and oxygen atoms in total. The zero-order valence-electron chi connectivity index (χ0n) is 25.0. The molecule has 1 unspecified atom stereocenters. The first-order valence-electron chi connectivity index (χ1n) is 13.6. The molecule has 2 aliphatic rings. The first-order chi connectivity index (χ1) is 20.9. The molecule has 0 saturated carbocycles. The second-order valence-electron chi connectivity index (χ2n) is 9.64. The van der Waals surface area contributed by atoms with Crippen LogP contribution in [0.3, 0.4) is 0 Å². The Balaban J connectivity index is 1.97. The summed E-state index contributed by atoms with van der Waals surface area (Å²) in [5.74, 6) is 0.164. The number of hydrogen-bond donors (Lipinski definition) is 0. The SMILES string of the molecule is COC(=O)c1c2c(c3c(COC4CCCCO4)c(OC)c(OC)c(OC)c3c1-c1ccc(OC)c(OC)c1)OCOC2=O. The van der Waals surface area contributed by atoms with Gasteiger partial charge < -0.3 is 47.4 Å². The first kappa shape index (κ1) is 30.1. The van der Waals surface area contributed by atoms with Crippen molar-refractivity contribution in [2.45, 2.75) is 32.2 Å². The van der Waals surface area contributed by atoms with E-state index in [1.807, 2.05) is 0 Å². The van der Waals surface area contributed by atoms with E-state index in [9.17, 15) is 9.59 Å². The monoisotopic (exact) mass is 598 g/mol. The molecule has 0 N–H and O–H groups in total. The van der Waals surface area contributed by atoms with Gasteiger partial charge in [-0.2, -0.15) is 0 Å². The molecule has 1 saturated heterocycles. The van der Waals surface area contributed by atoms with Crippen LogP contribution in [0.15, 0.2) is 18.2 Å². The molecule has 1 fully saturated rings. The minimum absolute atomic E-state index is 0.00150. The van der Waals surface area contributed by atoms with Crippen molar-refractivity contribution < 1.29 is 57.0 Å². The van der Waals surface area contributed by atoms with Crippen LogP contribution in [-0.4, -0.2) is 74.3 Å². The molecule has 0 aromatic heterocycles.